The van der Waals surface area contributed by atoms with E-state index in [9.17, 15) is 9.59 Å². The van der Waals surface area contributed by atoms with Crippen LogP contribution in [0, 0.1) is 0 Å². The van der Waals surface area contributed by atoms with E-state index in [-0.39, 0.29) is 11.8 Å². The van der Waals surface area contributed by atoms with Crippen molar-refractivity contribution in [3.05, 3.63) is 0 Å². The van der Waals surface area contributed by atoms with Gasteiger partial charge in [-0.1, -0.05) is 0 Å². The zero-order valence-electron chi connectivity index (χ0n) is 10.9. The van der Waals surface area contributed by atoms with Crippen LogP contribution < -0.4 is 16.0 Å². The van der Waals surface area contributed by atoms with Crippen LogP contribution >= 0.6 is 0 Å². The number of piperazine rings is 1. The molecule has 1 saturated carbocycles. The molecule has 2 aliphatic rings. The SMILES string of the molecule is CC(NC(=O)CN1CCNCC1)C(=O)NC1CC1. The minimum absolute atomic E-state index is 0.0738. The fourth-order valence-corrected chi connectivity index (χ4v) is 1.98. The predicted octanol–water partition coefficient (Wildman–Crippen LogP) is -1.33. The quantitative estimate of drug-likeness (QED) is 0.569. The third kappa shape index (κ3) is 4.27. The molecule has 0 aromatic rings. The summed E-state index contributed by atoms with van der Waals surface area (Å²) >= 11 is 0. The fourth-order valence-electron chi connectivity index (χ4n) is 1.98. The number of amides is 2. The van der Waals surface area contributed by atoms with E-state index in [1.807, 2.05) is 0 Å². The first-order valence-corrected chi connectivity index (χ1v) is 6.68. The number of hydrogen-bond acceptors (Lipinski definition) is 4. The van der Waals surface area contributed by atoms with Gasteiger partial charge in [-0.05, 0) is 19.8 Å². The van der Waals surface area contributed by atoms with Crippen LogP contribution in [0.2, 0.25) is 0 Å². The second-order valence-corrected chi connectivity index (χ2v) is 5.10. The smallest absolute Gasteiger partial charge is 0.242 e. The summed E-state index contributed by atoms with van der Waals surface area (Å²) in [7, 11) is 0. The highest BCUT2D eigenvalue weighted by molar-refractivity contribution is 5.88. The number of carbonyl (C=O) groups is 2. The Morgan fingerprint density at radius 2 is 2.00 bits per heavy atom. The van der Waals surface area contributed by atoms with Crippen molar-refractivity contribution in [1.29, 1.82) is 0 Å². The second-order valence-electron chi connectivity index (χ2n) is 5.10. The van der Waals surface area contributed by atoms with Gasteiger partial charge in [-0.3, -0.25) is 14.5 Å². The van der Waals surface area contributed by atoms with Crippen LogP contribution in [-0.4, -0.2) is 61.5 Å². The maximum absolute atomic E-state index is 11.8. The highest BCUT2D eigenvalue weighted by atomic mass is 16.2. The highest BCUT2D eigenvalue weighted by Gasteiger charge is 2.26. The summed E-state index contributed by atoms with van der Waals surface area (Å²) in [5, 5.41) is 8.87. The van der Waals surface area contributed by atoms with Crippen molar-refractivity contribution in [2.45, 2.75) is 31.8 Å². The first-order valence-electron chi connectivity index (χ1n) is 6.68. The molecule has 0 aromatic carbocycles. The summed E-state index contributed by atoms with van der Waals surface area (Å²) in [5.41, 5.74) is 0. The van der Waals surface area contributed by atoms with E-state index in [0.717, 1.165) is 39.0 Å². The lowest BCUT2D eigenvalue weighted by Gasteiger charge is -2.27. The highest BCUT2D eigenvalue weighted by Crippen LogP contribution is 2.18. The van der Waals surface area contributed by atoms with Crippen molar-refractivity contribution >= 4 is 11.8 Å². The predicted molar refractivity (Wildman–Crippen MR) is 68.1 cm³/mol. The minimum Gasteiger partial charge on any atom is -0.352 e. The van der Waals surface area contributed by atoms with Gasteiger partial charge in [-0.2, -0.15) is 0 Å². The molecule has 18 heavy (non-hydrogen) atoms. The Hall–Kier alpha value is -1.14. The standard InChI is InChI=1S/C12H22N4O2/c1-9(12(18)15-10-2-3-10)14-11(17)8-16-6-4-13-5-7-16/h9-10,13H,2-8H2,1H3,(H,14,17)(H,15,18). The molecule has 1 unspecified atom stereocenters. The second kappa shape index (κ2) is 6.15. The summed E-state index contributed by atoms with van der Waals surface area (Å²) in [6.45, 7) is 5.72. The van der Waals surface area contributed by atoms with Crippen LogP contribution in [0.25, 0.3) is 0 Å². The topological polar surface area (TPSA) is 73.5 Å². The van der Waals surface area contributed by atoms with Crippen molar-refractivity contribution in [3.8, 4) is 0 Å². The summed E-state index contributed by atoms with van der Waals surface area (Å²) in [4.78, 5) is 25.5. The molecule has 2 amide bonds. The number of rotatable bonds is 5. The van der Waals surface area contributed by atoms with Gasteiger partial charge in [-0.15, -0.1) is 0 Å². The summed E-state index contributed by atoms with van der Waals surface area (Å²) in [6, 6.07) is -0.106. The Morgan fingerprint density at radius 3 is 2.61 bits per heavy atom. The van der Waals surface area contributed by atoms with Crippen LogP contribution in [-0.2, 0) is 9.59 Å². The van der Waals surface area contributed by atoms with Crippen LogP contribution in [0.5, 0.6) is 0 Å². The molecule has 1 atom stereocenters. The minimum atomic E-state index is -0.444. The average molecular weight is 254 g/mol. The zero-order valence-corrected chi connectivity index (χ0v) is 10.9. The molecular weight excluding hydrogens is 232 g/mol. The Kier molecular flexibility index (Phi) is 4.54. The molecule has 2 rings (SSSR count). The van der Waals surface area contributed by atoms with Gasteiger partial charge >= 0.3 is 0 Å². The average Bonchev–Trinajstić information content (AvgIpc) is 3.14. The first kappa shape index (κ1) is 13.3. The van der Waals surface area contributed by atoms with E-state index < -0.39 is 6.04 Å². The number of hydrogen-bond donors (Lipinski definition) is 3. The Morgan fingerprint density at radius 1 is 1.33 bits per heavy atom. The molecule has 0 aromatic heterocycles. The molecule has 2 fully saturated rings. The van der Waals surface area contributed by atoms with E-state index in [4.69, 9.17) is 0 Å². The number of nitrogens with one attached hydrogen (secondary N) is 3. The fraction of sp³-hybridized carbons (Fsp3) is 0.833. The molecule has 0 bridgehead atoms. The lowest BCUT2D eigenvalue weighted by molar-refractivity contribution is -0.129. The maximum atomic E-state index is 11.8. The van der Waals surface area contributed by atoms with Gasteiger partial charge in [-0.25, -0.2) is 0 Å². The molecule has 1 aliphatic heterocycles. The van der Waals surface area contributed by atoms with Crippen molar-refractivity contribution in [1.82, 2.24) is 20.9 Å². The van der Waals surface area contributed by atoms with E-state index in [1.165, 1.54) is 0 Å². The van der Waals surface area contributed by atoms with Crippen molar-refractivity contribution in [2.24, 2.45) is 0 Å². The largest absolute Gasteiger partial charge is 0.352 e. The van der Waals surface area contributed by atoms with Crippen molar-refractivity contribution in [3.63, 3.8) is 0 Å². The monoisotopic (exact) mass is 254 g/mol. The molecule has 1 saturated heterocycles. The van der Waals surface area contributed by atoms with Crippen LogP contribution in [0.15, 0.2) is 0 Å². The maximum Gasteiger partial charge on any atom is 0.242 e. The Balaban J connectivity index is 1.66. The molecule has 0 radical (unpaired) electrons. The lowest BCUT2D eigenvalue weighted by Crippen LogP contribution is -2.51. The zero-order chi connectivity index (χ0) is 13.0. The van der Waals surface area contributed by atoms with E-state index in [1.54, 1.807) is 6.92 Å². The van der Waals surface area contributed by atoms with Crippen molar-refractivity contribution in [2.75, 3.05) is 32.7 Å². The van der Waals surface area contributed by atoms with Crippen molar-refractivity contribution < 1.29 is 9.59 Å². The molecule has 102 valence electrons. The number of carbonyl (C=O) groups excluding carboxylic acids is 2. The molecule has 6 heteroatoms. The van der Waals surface area contributed by atoms with E-state index in [2.05, 4.69) is 20.9 Å². The van der Waals surface area contributed by atoms with Crippen LogP contribution in [0.1, 0.15) is 19.8 Å². The molecule has 1 aliphatic carbocycles. The summed E-state index contributed by atoms with van der Waals surface area (Å²) < 4.78 is 0. The molecular formula is C12H22N4O2. The molecule has 1 heterocycles. The lowest BCUT2D eigenvalue weighted by atomic mass is 10.3. The summed E-state index contributed by atoms with van der Waals surface area (Å²) in [6.07, 6.45) is 2.13. The van der Waals surface area contributed by atoms with Crippen LogP contribution in [0.3, 0.4) is 0 Å². The Labute approximate surface area is 107 Å². The van der Waals surface area contributed by atoms with Gasteiger partial charge in [0, 0.05) is 32.2 Å². The first-order chi connectivity index (χ1) is 8.65. The van der Waals surface area contributed by atoms with Gasteiger partial charge in [0.25, 0.3) is 0 Å². The summed E-state index contributed by atoms with van der Waals surface area (Å²) in [5.74, 6) is -0.151. The molecule has 3 N–H and O–H groups in total. The van der Waals surface area contributed by atoms with Gasteiger partial charge in [0.05, 0.1) is 6.54 Å². The van der Waals surface area contributed by atoms with Crippen LogP contribution in [0.4, 0.5) is 0 Å². The molecule has 6 nitrogen and oxygen atoms in total. The Bertz CT molecular complexity index is 311. The molecule has 0 spiro atoms. The normalized spacial score (nSPS) is 22.3. The van der Waals surface area contributed by atoms with Gasteiger partial charge < -0.3 is 16.0 Å². The van der Waals surface area contributed by atoms with Gasteiger partial charge in [0.15, 0.2) is 0 Å². The van der Waals surface area contributed by atoms with E-state index in [0.29, 0.717) is 12.6 Å². The van der Waals surface area contributed by atoms with E-state index >= 15 is 0 Å². The van der Waals surface area contributed by atoms with Gasteiger partial charge in [0.1, 0.15) is 6.04 Å². The third-order valence-corrected chi connectivity index (χ3v) is 3.27. The van der Waals surface area contributed by atoms with Gasteiger partial charge in [0.2, 0.25) is 11.8 Å². The third-order valence-electron chi connectivity index (χ3n) is 3.27. The number of nitrogens with zero attached hydrogens (tertiary/aromatic N) is 1.